The SMILES string of the molecule is C=CC1(C)CC=CC(Br)=C1SC. The molecule has 0 fully saturated rings. The molecule has 2 heteroatoms. The van der Waals surface area contributed by atoms with E-state index >= 15 is 0 Å². The molecule has 0 nitrogen and oxygen atoms in total. The van der Waals surface area contributed by atoms with Gasteiger partial charge in [0.05, 0.1) is 0 Å². The lowest BCUT2D eigenvalue weighted by molar-refractivity contribution is 0.546. The van der Waals surface area contributed by atoms with Crippen molar-refractivity contribution in [1.82, 2.24) is 0 Å². The fourth-order valence-corrected chi connectivity index (χ4v) is 3.38. The van der Waals surface area contributed by atoms with Crippen LogP contribution >= 0.6 is 27.7 Å². The monoisotopic (exact) mass is 244 g/mol. The van der Waals surface area contributed by atoms with Gasteiger partial charge in [-0.15, -0.1) is 18.3 Å². The topological polar surface area (TPSA) is 0 Å². The van der Waals surface area contributed by atoms with Crippen LogP contribution in [0.3, 0.4) is 0 Å². The first-order valence-corrected chi connectivity index (χ1v) is 5.90. The lowest BCUT2D eigenvalue weighted by Gasteiger charge is -2.30. The maximum Gasteiger partial charge on any atom is 0.0276 e. The summed E-state index contributed by atoms with van der Waals surface area (Å²) >= 11 is 5.35. The highest BCUT2D eigenvalue weighted by atomic mass is 79.9. The average Bonchev–Trinajstić information content (AvgIpc) is 2.05. The number of hydrogen-bond donors (Lipinski definition) is 0. The van der Waals surface area contributed by atoms with E-state index in [9.17, 15) is 0 Å². The van der Waals surface area contributed by atoms with Gasteiger partial charge in [0.1, 0.15) is 0 Å². The molecule has 1 aliphatic rings. The Hall–Kier alpha value is 0.0500. The van der Waals surface area contributed by atoms with Crippen molar-refractivity contribution in [3.05, 3.63) is 34.2 Å². The van der Waals surface area contributed by atoms with Crippen LogP contribution in [0.5, 0.6) is 0 Å². The Balaban J connectivity index is 3.09. The molecule has 0 heterocycles. The summed E-state index contributed by atoms with van der Waals surface area (Å²) in [4.78, 5) is 1.38. The Kier molecular flexibility index (Phi) is 3.24. The van der Waals surface area contributed by atoms with E-state index in [0.29, 0.717) is 0 Å². The van der Waals surface area contributed by atoms with Gasteiger partial charge >= 0.3 is 0 Å². The Labute approximate surface area is 86.9 Å². The quantitative estimate of drug-likeness (QED) is 0.660. The van der Waals surface area contributed by atoms with Crippen LogP contribution in [0.4, 0.5) is 0 Å². The van der Waals surface area contributed by atoms with Crippen LogP contribution in [0.25, 0.3) is 0 Å². The lowest BCUT2D eigenvalue weighted by Crippen LogP contribution is -2.16. The molecule has 0 aromatic carbocycles. The molecular weight excluding hydrogens is 232 g/mol. The van der Waals surface area contributed by atoms with Gasteiger partial charge in [-0.3, -0.25) is 0 Å². The molecular formula is C10H13BrS. The summed E-state index contributed by atoms with van der Waals surface area (Å²) in [5.41, 5.74) is 0.132. The summed E-state index contributed by atoms with van der Waals surface area (Å²) in [7, 11) is 0. The fourth-order valence-electron chi connectivity index (χ4n) is 1.36. The molecule has 0 aliphatic heterocycles. The van der Waals surface area contributed by atoms with E-state index in [2.05, 4.69) is 47.8 Å². The highest BCUT2D eigenvalue weighted by molar-refractivity contribution is 9.12. The predicted octanol–water partition coefficient (Wildman–Crippen LogP) is 4.11. The summed E-state index contributed by atoms with van der Waals surface area (Å²) in [5.74, 6) is 0. The molecule has 66 valence electrons. The minimum atomic E-state index is 0.132. The molecule has 1 unspecified atom stereocenters. The van der Waals surface area contributed by atoms with Crippen molar-refractivity contribution in [1.29, 1.82) is 0 Å². The van der Waals surface area contributed by atoms with Gasteiger partial charge in [-0.1, -0.05) is 25.2 Å². The number of allylic oxidation sites excluding steroid dienone is 5. The van der Waals surface area contributed by atoms with Crippen molar-refractivity contribution in [3.63, 3.8) is 0 Å². The highest BCUT2D eigenvalue weighted by Crippen LogP contribution is 2.45. The Morgan fingerprint density at radius 2 is 2.42 bits per heavy atom. The fraction of sp³-hybridized carbons (Fsp3) is 0.400. The van der Waals surface area contributed by atoms with Gasteiger partial charge in [0, 0.05) is 14.8 Å². The van der Waals surface area contributed by atoms with Crippen LogP contribution in [-0.4, -0.2) is 6.26 Å². The lowest BCUT2D eigenvalue weighted by atomic mass is 9.84. The van der Waals surface area contributed by atoms with E-state index in [-0.39, 0.29) is 5.41 Å². The zero-order valence-electron chi connectivity index (χ0n) is 7.43. The third-order valence-electron chi connectivity index (χ3n) is 2.20. The normalized spacial score (nSPS) is 29.2. The Morgan fingerprint density at radius 3 is 2.83 bits per heavy atom. The smallest absolute Gasteiger partial charge is 0.0276 e. The molecule has 0 saturated heterocycles. The minimum absolute atomic E-state index is 0.132. The third kappa shape index (κ3) is 1.69. The molecule has 1 atom stereocenters. The molecule has 12 heavy (non-hydrogen) atoms. The second-order valence-corrected chi connectivity index (χ2v) is 4.78. The molecule has 1 rings (SSSR count). The number of halogens is 1. The first-order valence-electron chi connectivity index (χ1n) is 3.88. The number of thioether (sulfide) groups is 1. The zero-order valence-corrected chi connectivity index (χ0v) is 9.83. The van der Waals surface area contributed by atoms with Crippen LogP contribution in [0.1, 0.15) is 13.3 Å². The Morgan fingerprint density at radius 1 is 1.75 bits per heavy atom. The van der Waals surface area contributed by atoms with Gasteiger partial charge in [0.25, 0.3) is 0 Å². The predicted molar refractivity (Wildman–Crippen MR) is 61.5 cm³/mol. The summed E-state index contributed by atoms with van der Waals surface area (Å²) in [6, 6.07) is 0. The maximum atomic E-state index is 3.89. The second kappa shape index (κ2) is 3.84. The highest BCUT2D eigenvalue weighted by Gasteiger charge is 2.27. The molecule has 1 aliphatic carbocycles. The van der Waals surface area contributed by atoms with Gasteiger partial charge in [-0.25, -0.2) is 0 Å². The Bertz CT molecular complexity index is 253. The van der Waals surface area contributed by atoms with Gasteiger partial charge in [0.15, 0.2) is 0 Å². The van der Waals surface area contributed by atoms with Gasteiger partial charge in [-0.2, -0.15) is 0 Å². The van der Waals surface area contributed by atoms with Crippen molar-refractivity contribution >= 4 is 27.7 Å². The van der Waals surface area contributed by atoms with Gasteiger partial charge < -0.3 is 0 Å². The van der Waals surface area contributed by atoms with Crippen molar-refractivity contribution < 1.29 is 0 Å². The third-order valence-corrected chi connectivity index (χ3v) is 4.21. The van der Waals surface area contributed by atoms with Crippen LogP contribution in [0.15, 0.2) is 34.2 Å². The molecule has 0 radical (unpaired) electrons. The zero-order chi connectivity index (χ0) is 9.19. The molecule has 0 N–H and O–H groups in total. The summed E-state index contributed by atoms with van der Waals surface area (Å²) in [5, 5.41) is 0. The first kappa shape index (κ1) is 10.1. The average molecular weight is 245 g/mol. The molecule has 0 aromatic heterocycles. The van der Waals surface area contributed by atoms with Crippen LogP contribution < -0.4 is 0 Å². The molecule has 0 saturated carbocycles. The van der Waals surface area contributed by atoms with Gasteiger partial charge in [-0.05, 0) is 28.6 Å². The van der Waals surface area contributed by atoms with Crippen LogP contribution in [0.2, 0.25) is 0 Å². The first-order chi connectivity index (χ1) is 5.64. The van der Waals surface area contributed by atoms with Crippen molar-refractivity contribution in [3.8, 4) is 0 Å². The van der Waals surface area contributed by atoms with Crippen molar-refractivity contribution in [2.45, 2.75) is 13.3 Å². The van der Waals surface area contributed by atoms with E-state index in [1.165, 1.54) is 9.39 Å². The van der Waals surface area contributed by atoms with E-state index in [1.807, 2.05) is 6.08 Å². The molecule has 0 spiro atoms. The van der Waals surface area contributed by atoms with E-state index in [4.69, 9.17) is 0 Å². The van der Waals surface area contributed by atoms with Gasteiger partial charge in [0.2, 0.25) is 0 Å². The summed E-state index contributed by atoms with van der Waals surface area (Å²) < 4.78 is 1.20. The molecule has 0 amide bonds. The number of hydrogen-bond acceptors (Lipinski definition) is 1. The second-order valence-electron chi connectivity index (χ2n) is 3.11. The molecule has 0 aromatic rings. The largest absolute Gasteiger partial charge is 0.132 e. The maximum absolute atomic E-state index is 3.89. The van der Waals surface area contributed by atoms with E-state index in [0.717, 1.165) is 6.42 Å². The van der Waals surface area contributed by atoms with E-state index in [1.54, 1.807) is 11.8 Å². The number of rotatable bonds is 2. The van der Waals surface area contributed by atoms with Crippen molar-refractivity contribution in [2.24, 2.45) is 5.41 Å². The summed E-state index contributed by atoms with van der Waals surface area (Å²) in [6.07, 6.45) is 9.51. The van der Waals surface area contributed by atoms with Crippen LogP contribution in [0, 0.1) is 5.41 Å². The summed E-state index contributed by atoms with van der Waals surface area (Å²) in [6.45, 7) is 6.11. The van der Waals surface area contributed by atoms with E-state index < -0.39 is 0 Å². The van der Waals surface area contributed by atoms with Crippen LogP contribution in [-0.2, 0) is 0 Å². The van der Waals surface area contributed by atoms with Crippen molar-refractivity contribution in [2.75, 3.05) is 6.26 Å². The minimum Gasteiger partial charge on any atom is -0.132 e. The standard InChI is InChI=1S/C10H13BrS/c1-4-10(2)7-5-6-8(11)9(10)12-3/h4-6H,1,7H2,2-3H3. The molecule has 0 bridgehead atoms.